The van der Waals surface area contributed by atoms with E-state index < -0.39 is 47.3 Å². The lowest BCUT2D eigenvalue weighted by molar-refractivity contribution is -0.227. The second-order valence-electron chi connectivity index (χ2n) is 14.4. The summed E-state index contributed by atoms with van der Waals surface area (Å²) in [5.41, 5.74) is 5.97. The molecular weight excluding hydrogens is 654 g/mol. The van der Waals surface area contributed by atoms with Crippen LogP contribution >= 0.6 is 0 Å². The van der Waals surface area contributed by atoms with Gasteiger partial charge in [-0.3, -0.25) is 9.59 Å². The predicted molar refractivity (Wildman–Crippen MR) is 176 cm³/mol. The number of likely N-dealkylation sites (tertiary alicyclic amines) is 1. The molecule has 0 aliphatic carbocycles. The maximum Gasteiger partial charge on any atom is 0.407 e. The molecule has 0 unspecified atom stereocenters. The lowest BCUT2D eigenvalue weighted by Crippen LogP contribution is -2.55. The van der Waals surface area contributed by atoms with E-state index in [4.69, 9.17) is 48.4 Å². The molecule has 0 saturated carbocycles. The van der Waals surface area contributed by atoms with E-state index in [-0.39, 0.29) is 49.8 Å². The number of hydrogen-bond donors (Lipinski definition) is 2. The number of amides is 2. The summed E-state index contributed by atoms with van der Waals surface area (Å²) in [7, 11) is 3.13. The molecule has 5 aliphatic heterocycles. The van der Waals surface area contributed by atoms with E-state index in [9.17, 15) is 14.4 Å². The third-order valence-electron chi connectivity index (χ3n) is 9.58. The Bertz CT molecular complexity index is 1300. The van der Waals surface area contributed by atoms with E-state index in [0.717, 1.165) is 5.56 Å². The van der Waals surface area contributed by atoms with Gasteiger partial charge in [0, 0.05) is 45.8 Å². The molecule has 15 nitrogen and oxygen atoms in total. The molecular formula is C35H53N3O12. The summed E-state index contributed by atoms with van der Waals surface area (Å²) in [6, 6.07) is 9.45. The predicted octanol–water partition coefficient (Wildman–Crippen LogP) is 2.37. The highest BCUT2D eigenvalue weighted by molar-refractivity contribution is 6.36. The van der Waals surface area contributed by atoms with Crippen LogP contribution in [0.15, 0.2) is 30.3 Å². The van der Waals surface area contributed by atoms with Gasteiger partial charge in [-0.25, -0.2) is 4.79 Å². The van der Waals surface area contributed by atoms with Gasteiger partial charge in [-0.2, -0.15) is 0 Å². The van der Waals surface area contributed by atoms with Crippen molar-refractivity contribution in [1.82, 2.24) is 10.2 Å². The number of hydrogen-bond acceptors (Lipinski definition) is 13. The van der Waals surface area contributed by atoms with Gasteiger partial charge in [0.1, 0.15) is 37.1 Å². The van der Waals surface area contributed by atoms with Crippen LogP contribution in [-0.4, -0.2) is 123 Å². The molecule has 15 heteroatoms. The Morgan fingerprint density at radius 3 is 1.88 bits per heavy atom. The van der Waals surface area contributed by atoms with Gasteiger partial charge in [-0.1, -0.05) is 30.3 Å². The minimum atomic E-state index is -0.754. The molecule has 5 aliphatic rings. The second kappa shape index (κ2) is 15.9. The summed E-state index contributed by atoms with van der Waals surface area (Å²) in [5.74, 6) is -2.29. The Labute approximate surface area is 293 Å². The number of nitrogens with zero attached hydrogens (tertiary/aromatic N) is 1. The van der Waals surface area contributed by atoms with Crippen LogP contribution in [0.3, 0.4) is 0 Å². The van der Waals surface area contributed by atoms with E-state index in [1.165, 1.54) is 7.11 Å². The summed E-state index contributed by atoms with van der Waals surface area (Å²) in [6.07, 6.45) is -1.52. The van der Waals surface area contributed by atoms with Crippen molar-refractivity contribution >= 4 is 17.8 Å². The molecule has 2 amide bonds. The van der Waals surface area contributed by atoms with Gasteiger partial charge in [0.15, 0.2) is 24.2 Å². The first kappa shape index (κ1) is 38.5. The highest BCUT2D eigenvalue weighted by Gasteiger charge is 2.56. The van der Waals surface area contributed by atoms with Gasteiger partial charge in [-0.05, 0) is 59.4 Å². The first-order valence-electron chi connectivity index (χ1n) is 17.3. The number of nitrogens with two attached hydrogens (primary N) is 1. The fourth-order valence-corrected chi connectivity index (χ4v) is 6.98. The molecule has 1 aromatic rings. The first-order valence-corrected chi connectivity index (χ1v) is 17.3. The number of carbonyl (C=O) groups excluding carboxylic acids is 3. The van der Waals surface area contributed by atoms with Crippen molar-refractivity contribution in [3.05, 3.63) is 35.9 Å². The van der Waals surface area contributed by atoms with Crippen LogP contribution in [0.2, 0.25) is 0 Å². The largest absolute Gasteiger partial charge is 0.445 e. The van der Waals surface area contributed by atoms with Crippen molar-refractivity contribution in [3.8, 4) is 0 Å². The van der Waals surface area contributed by atoms with Crippen LogP contribution in [0.5, 0.6) is 0 Å². The highest BCUT2D eigenvalue weighted by atomic mass is 16.8. The van der Waals surface area contributed by atoms with Crippen molar-refractivity contribution in [3.63, 3.8) is 0 Å². The zero-order valence-electron chi connectivity index (χ0n) is 30.1. The lowest BCUT2D eigenvalue weighted by Gasteiger charge is -2.39. The minimum absolute atomic E-state index is 0.0464. The molecule has 5 saturated heterocycles. The number of nitrogens with one attached hydrogen (secondary N) is 1. The number of piperidine rings is 1. The minimum Gasteiger partial charge on any atom is -0.445 e. The first-order chi connectivity index (χ1) is 23.7. The van der Waals surface area contributed by atoms with Crippen LogP contribution in [-0.2, 0) is 58.8 Å². The smallest absolute Gasteiger partial charge is 0.407 e. The standard InChI is InChI=1S/C26H36N2O8.C9H17NO4/c1-25(2)35-20-19(34-23(32-4)21(20)36-25)11-10-18(29)22(30)28-14-12-26(3,13-15-28)27-24(31)33-16-17-8-6-5-7-9-17;1-9(2)13-6-5(4-10)12-8(11-3)7(6)14-9/h5-9,19-21,23H,10-16H2,1-4H3,(H,27,31);5-8H,4,10H2,1-3H3/t19-,20-,21-,23-;5-,6-,7-,8-/m11/s1. The molecule has 8 atom stereocenters. The molecule has 0 radical (unpaired) electrons. The van der Waals surface area contributed by atoms with Crippen LogP contribution < -0.4 is 11.1 Å². The Morgan fingerprint density at radius 2 is 1.34 bits per heavy atom. The summed E-state index contributed by atoms with van der Waals surface area (Å²) in [6.45, 7) is 10.7. The number of rotatable bonds is 10. The Hall–Kier alpha value is -2.73. The topological polar surface area (TPSA) is 176 Å². The van der Waals surface area contributed by atoms with E-state index in [1.807, 2.05) is 65.0 Å². The van der Waals surface area contributed by atoms with Crippen LogP contribution in [0.25, 0.3) is 0 Å². The summed E-state index contributed by atoms with van der Waals surface area (Å²) in [4.78, 5) is 39.3. The maximum atomic E-state index is 12.8. The summed E-state index contributed by atoms with van der Waals surface area (Å²) < 4.78 is 50.4. The average Bonchev–Trinajstić information content (AvgIpc) is 3.78. The van der Waals surface area contributed by atoms with Gasteiger partial charge < -0.3 is 58.6 Å². The van der Waals surface area contributed by atoms with Gasteiger partial charge in [0.25, 0.3) is 5.91 Å². The highest BCUT2D eigenvalue weighted by Crippen LogP contribution is 2.41. The van der Waals surface area contributed by atoms with Crippen molar-refractivity contribution in [2.75, 3.05) is 33.9 Å². The number of ketones is 1. The third kappa shape index (κ3) is 9.19. The summed E-state index contributed by atoms with van der Waals surface area (Å²) >= 11 is 0. The third-order valence-corrected chi connectivity index (χ3v) is 9.58. The second-order valence-corrected chi connectivity index (χ2v) is 14.4. The zero-order valence-corrected chi connectivity index (χ0v) is 30.1. The SMILES string of the molecule is CO[C@@H]1O[C@H](CCC(=O)C(=O)N2CCC(C)(NC(=O)OCc3ccccc3)CC2)[C@H]2OC(C)(C)O[C@@H]12.CO[C@@H]1O[C@H](CN)[C@H]2OC(C)(C)O[C@@H]12. The normalized spacial score (nSPS) is 33.2. The van der Waals surface area contributed by atoms with Gasteiger partial charge in [-0.15, -0.1) is 0 Å². The molecule has 50 heavy (non-hydrogen) atoms. The molecule has 0 aromatic heterocycles. The van der Waals surface area contributed by atoms with E-state index in [1.54, 1.807) is 12.0 Å². The average molecular weight is 708 g/mol. The number of carbonyl (C=O) groups is 3. The zero-order chi connectivity index (χ0) is 36.3. The number of Topliss-reactive ketones (excluding diaryl/α,β-unsaturated/α-hetero) is 1. The van der Waals surface area contributed by atoms with Crippen LogP contribution in [0.4, 0.5) is 4.79 Å². The fourth-order valence-electron chi connectivity index (χ4n) is 6.98. The lowest BCUT2D eigenvalue weighted by atomic mass is 9.89. The van der Waals surface area contributed by atoms with Gasteiger partial charge in [0.05, 0.1) is 6.10 Å². The number of fused-ring (bicyclic) bond motifs is 2. The molecule has 3 N–H and O–H groups in total. The molecule has 0 spiro atoms. The van der Waals surface area contributed by atoms with Crippen molar-refractivity contribution in [2.24, 2.45) is 5.73 Å². The van der Waals surface area contributed by atoms with Crippen LogP contribution in [0, 0.1) is 0 Å². The number of alkyl carbamates (subject to hydrolysis) is 1. The fraction of sp³-hybridized carbons (Fsp3) is 0.743. The summed E-state index contributed by atoms with van der Waals surface area (Å²) in [5, 5.41) is 2.92. The van der Waals surface area contributed by atoms with Gasteiger partial charge >= 0.3 is 6.09 Å². The molecule has 6 rings (SSSR count). The Balaban J connectivity index is 0.000000288. The number of methoxy groups -OCH3 is 2. The van der Waals surface area contributed by atoms with Gasteiger partial charge in [0.2, 0.25) is 5.78 Å². The molecule has 280 valence electrons. The molecule has 5 fully saturated rings. The van der Waals surface area contributed by atoms with Crippen LogP contribution in [0.1, 0.15) is 65.9 Å². The number of ether oxygens (including phenoxy) is 9. The van der Waals surface area contributed by atoms with E-state index >= 15 is 0 Å². The van der Waals surface area contributed by atoms with E-state index in [0.29, 0.717) is 38.9 Å². The van der Waals surface area contributed by atoms with Crippen molar-refractivity contribution < 1.29 is 57.0 Å². The molecule has 5 heterocycles. The number of benzene rings is 1. The molecule has 0 bridgehead atoms. The maximum absolute atomic E-state index is 12.8. The molecule has 1 aromatic carbocycles. The van der Waals surface area contributed by atoms with Crippen molar-refractivity contribution in [1.29, 1.82) is 0 Å². The van der Waals surface area contributed by atoms with Crippen molar-refractivity contribution in [2.45, 2.75) is 133 Å². The van der Waals surface area contributed by atoms with E-state index in [2.05, 4.69) is 5.32 Å². The monoisotopic (exact) mass is 707 g/mol. The Morgan fingerprint density at radius 1 is 0.820 bits per heavy atom. The Kier molecular flexibility index (Phi) is 12.2. The quantitative estimate of drug-likeness (QED) is 0.340.